The summed E-state index contributed by atoms with van der Waals surface area (Å²) < 4.78 is 1.92. The monoisotopic (exact) mass is 245 g/mol. The highest BCUT2D eigenvalue weighted by molar-refractivity contribution is 5.44. The molecule has 0 aliphatic rings. The topological polar surface area (TPSA) is 55.6 Å². The fourth-order valence-electron chi connectivity index (χ4n) is 1.65. The van der Waals surface area contributed by atoms with E-state index >= 15 is 0 Å². The number of aromatic nitrogens is 4. The Morgan fingerprint density at radius 3 is 2.72 bits per heavy atom. The van der Waals surface area contributed by atoms with Gasteiger partial charge in [0.2, 0.25) is 0 Å². The Labute approximate surface area is 107 Å². The quantitative estimate of drug-likeness (QED) is 0.890. The van der Waals surface area contributed by atoms with E-state index in [1.807, 2.05) is 30.9 Å². The van der Waals surface area contributed by atoms with Gasteiger partial charge in [-0.3, -0.25) is 0 Å². The standard InChI is InChI=1S/C13H19N5/c1-9(2)15-8-11-10(3)7-16-12(17-11)13-14-5-6-18(13)4/h5-7,9,15H,8H2,1-4H3. The second-order valence-corrected chi connectivity index (χ2v) is 4.72. The van der Waals surface area contributed by atoms with Crippen LogP contribution in [0, 0.1) is 6.92 Å². The van der Waals surface area contributed by atoms with Gasteiger partial charge >= 0.3 is 0 Å². The lowest BCUT2D eigenvalue weighted by Crippen LogP contribution is -2.23. The Hall–Kier alpha value is -1.75. The molecule has 2 aromatic rings. The molecule has 1 N–H and O–H groups in total. The molecule has 5 nitrogen and oxygen atoms in total. The highest BCUT2D eigenvalue weighted by Crippen LogP contribution is 2.13. The summed E-state index contributed by atoms with van der Waals surface area (Å²) in [6.45, 7) is 7.02. The van der Waals surface area contributed by atoms with E-state index in [1.165, 1.54) is 0 Å². The van der Waals surface area contributed by atoms with E-state index in [9.17, 15) is 0 Å². The van der Waals surface area contributed by atoms with Crippen LogP contribution in [0.5, 0.6) is 0 Å². The molecule has 0 radical (unpaired) electrons. The van der Waals surface area contributed by atoms with E-state index in [-0.39, 0.29) is 0 Å². The van der Waals surface area contributed by atoms with E-state index in [1.54, 1.807) is 6.20 Å². The zero-order valence-electron chi connectivity index (χ0n) is 11.3. The summed E-state index contributed by atoms with van der Waals surface area (Å²) in [4.78, 5) is 13.2. The molecule has 2 rings (SSSR count). The number of imidazole rings is 1. The number of nitrogens with one attached hydrogen (secondary N) is 1. The van der Waals surface area contributed by atoms with Gasteiger partial charge in [0.1, 0.15) is 0 Å². The van der Waals surface area contributed by atoms with E-state index < -0.39 is 0 Å². The number of hydrogen-bond donors (Lipinski definition) is 1. The van der Waals surface area contributed by atoms with Crippen molar-refractivity contribution in [2.45, 2.75) is 33.4 Å². The SMILES string of the molecule is Cc1cnc(-c2nccn2C)nc1CNC(C)C. The van der Waals surface area contributed by atoms with E-state index in [0.717, 1.165) is 23.6 Å². The summed E-state index contributed by atoms with van der Waals surface area (Å²) in [6.07, 6.45) is 5.50. The van der Waals surface area contributed by atoms with Gasteiger partial charge in [-0.05, 0) is 12.5 Å². The minimum atomic E-state index is 0.441. The molecule has 0 saturated carbocycles. The van der Waals surface area contributed by atoms with Crippen LogP contribution < -0.4 is 5.32 Å². The summed E-state index contributed by atoms with van der Waals surface area (Å²) in [5.74, 6) is 1.47. The van der Waals surface area contributed by atoms with Gasteiger partial charge in [-0.2, -0.15) is 0 Å². The number of aryl methyl sites for hydroxylation is 2. The van der Waals surface area contributed by atoms with Gasteiger partial charge in [0.05, 0.1) is 5.69 Å². The fraction of sp³-hybridized carbons (Fsp3) is 0.462. The Morgan fingerprint density at radius 1 is 1.33 bits per heavy atom. The van der Waals surface area contributed by atoms with Gasteiger partial charge in [-0.15, -0.1) is 0 Å². The molecular weight excluding hydrogens is 226 g/mol. The lowest BCUT2D eigenvalue weighted by atomic mass is 10.2. The van der Waals surface area contributed by atoms with Crippen LogP contribution in [0.1, 0.15) is 25.1 Å². The average molecular weight is 245 g/mol. The second kappa shape index (κ2) is 5.27. The van der Waals surface area contributed by atoms with Crippen LogP contribution in [-0.2, 0) is 13.6 Å². The Kier molecular flexibility index (Phi) is 3.72. The lowest BCUT2D eigenvalue weighted by Gasteiger charge is -2.10. The van der Waals surface area contributed by atoms with Gasteiger partial charge in [-0.1, -0.05) is 13.8 Å². The maximum Gasteiger partial charge on any atom is 0.196 e. The normalized spacial score (nSPS) is 11.2. The molecule has 0 amide bonds. The van der Waals surface area contributed by atoms with Crippen molar-refractivity contribution in [2.24, 2.45) is 7.05 Å². The highest BCUT2D eigenvalue weighted by Gasteiger charge is 2.09. The Bertz CT molecular complexity index is 530. The largest absolute Gasteiger partial charge is 0.331 e. The molecule has 0 spiro atoms. The van der Waals surface area contributed by atoms with Gasteiger partial charge in [0.25, 0.3) is 0 Å². The maximum atomic E-state index is 4.59. The number of hydrogen-bond acceptors (Lipinski definition) is 4. The molecule has 18 heavy (non-hydrogen) atoms. The maximum absolute atomic E-state index is 4.59. The van der Waals surface area contributed by atoms with Crippen molar-refractivity contribution in [1.29, 1.82) is 0 Å². The summed E-state index contributed by atoms with van der Waals surface area (Å²) in [5.41, 5.74) is 2.12. The van der Waals surface area contributed by atoms with Crippen LogP contribution in [0.15, 0.2) is 18.6 Å². The first kappa shape index (κ1) is 12.7. The molecule has 0 fully saturated rings. The molecule has 0 unspecified atom stereocenters. The zero-order chi connectivity index (χ0) is 13.1. The van der Waals surface area contributed by atoms with Crippen LogP contribution in [-0.4, -0.2) is 25.6 Å². The molecule has 0 aromatic carbocycles. The molecule has 0 aliphatic carbocycles. The average Bonchev–Trinajstić information content (AvgIpc) is 2.74. The van der Waals surface area contributed by atoms with Crippen LogP contribution in [0.3, 0.4) is 0 Å². The summed E-state index contributed by atoms with van der Waals surface area (Å²) in [7, 11) is 1.94. The third-order valence-electron chi connectivity index (χ3n) is 2.78. The fourth-order valence-corrected chi connectivity index (χ4v) is 1.65. The van der Waals surface area contributed by atoms with Crippen molar-refractivity contribution in [1.82, 2.24) is 24.8 Å². The molecule has 5 heteroatoms. The summed E-state index contributed by atoms with van der Waals surface area (Å²) in [6, 6.07) is 0.441. The predicted octanol–water partition coefficient (Wildman–Crippen LogP) is 1.68. The van der Waals surface area contributed by atoms with Crippen LogP contribution in [0.4, 0.5) is 0 Å². The molecule has 0 aliphatic heterocycles. The molecular formula is C13H19N5. The molecule has 2 heterocycles. The lowest BCUT2D eigenvalue weighted by molar-refractivity contribution is 0.579. The second-order valence-electron chi connectivity index (χ2n) is 4.72. The molecule has 0 atom stereocenters. The Morgan fingerprint density at radius 2 is 2.11 bits per heavy atom. The van der Waals surface area contributed by atoms with Crippen molar-refractivity contribution in [2.75, 3.05) is 0 Å². The smallest absolute Gasteiger partial charge is 0.196 e. The minimum absolute atomic E-state index is 0.441. The van der Waals surface area contributed by atoms with Gasteiger partial charge in [0, 0.05) is 38.2 Å². The van der Waals surface area contributed by atoms with Crippen LogP contribution in [0.25, 0.3) is 11.6 Å². The van der Waals surface area contributed by atoms with Crippen LogP contribution >= 0.6 is 0 Å². The summed E-state index contributed by atoms with van der Waals surface area (Å²) >= 11 is 0. The minimum Gasteiger partial charge on any atom is -0.331 e. The number of rotatable bonds is 4. The highest BCUT2D eigenvalue weighted by atomic mass is 15.1. The van der Waals surface area contributed by atoms with Crippen molar-refractivity contribution < 1.29 is 0 Å². The van der Waals surface area contributed by atoms with E-state index in [0.29, 0.717) is 11.9 Å². The molecule has 0 bridgehead atoms. The van der Waals surface area contributed by atoms with Gasteiger partial charge in [0.15, 0.2) is 11.6 Å². The third-order valence-corrected chi connectivity index (χ3v) is 2.78. The molecule has 0 saturated heterocycles. The van der Waals surface area contributed by atoms with E-state index in [4.69, 9.17) is 0 Å². The van der Waals surface area contributed by atoms with Crippen molar-refractivity contribution >= 4 is 0 Å². The molecule has 96 valence electrons. The predicted molar refractivity (Wildman–Crippen MR) is 70.9 cm³/mol. The number of nitrogens with zero attached hydrogens (tertiary/aromatic N) is 4. The van der Waals surface area contributed by atoms with E-state index in [2.05, 4.69) is 34.1 Å². The van der Waals surface area contributed by atoms with Gasteiger partial charge < -0.3 is 9.88 Å². The Balaban J connectivity index is 2.29. The van der Waals surface area contributed by atoms with Crippen LogP contribution in [0.2, 0.25) is 0 Å². The summed E-state index contributed by atoms with van der Waals surface area (Å²) in [5, 5.41) is 3.37. The van der Waals surface area contributed by atoms with Crippen molar-refractivity contribution in [3.05, 3.63) is 29.8 Å². The van der Waals surface area contributed by atoms with Crippen molar-refractivity contribution in [3.8, 4) is 11.6 Å². The van der Waals surface area contributed by atoms with Gasteiger partial charge in [-0.25, -0.2) is 15.0 Å². The first-order valence-electron chi connectivity index (χ1n) is 6.11. The molecule has 2 aromatic heterocycles. The van der Waals surface area contributed by atoms with Crippen molar-refractivity contribution in [3.63, 3.8) is 0 Å². The zero-order valence-corrected chi connectivity index (χ0v) is 11.3. The first-order chi connectivity index (χ1) is 8.58. The first-order valence-corrected chi connectivity index (χ1v) is 6.11. The third kappa shape index (κ3) is 2.73.